The number of benzene rings is 1. The fourth-order valence-electron chi connectivity index (χ4n) is 3.69. The lowest BCUT2D eigenvalue weighted by Gasteiger charge is -2.38. The second-order valence-electron chi connectivity index (χ2n) is 8.17. The summed E-state index contributed by atoms with van der Waals surface area (Å²) in [5.41, 5.74) is 6.42. The maximum atomic E-state index is 10.6. The topological polar surface area (TPSA) is 20.2 Å². The number of aliphatic hydroxyl groups is 1. The molecule has 0 heterocycles. The molecule has 0 radical (unpaired) electrons. The van der Waals surface area contributed by atoms with Crippen molar-refractivity contribution in [2.45, 2.75) is 77.6 Å². The maximum Gasteiger partial charge on any atom is 0.146 e. The Labute approximate surface area is 150 Å². The molecule has 1 nitrogen and oxygen atoms in total. The maximum absolute atomic E-state index is 10.6. The van der Waals surface area contributed by atoms with Crippen molar-refractivity contribution in [1.82, 2.24) is 0 Å². The molecule has 0 aliphatic carbocycles. The number of hydrogen-bond acceptors (Lipinski definition) is 1. The summed E-state index contributed by atoms with van der Waals surface area (Å²) in [6.07, 6.45) is 2.02. The van der Waals surface area contributed by atoms with Gasteiger partial charge in [-0.15, -0.1) is 5.54 Å². The van der Waals surface area contributed by atoms with E-state index in [2.05, 4.69) is 53.0 Å². The van der Waals surface area contributed by atoms with E-state index in [-0.39, 0.29) is 0 Å². The molecule has 0 bridgehead atoms. The highest BCUT2D eigenvalue weighted by molar-refractivity contribution is 6.90. The van der Waals surface area contributed by atoms with Gasteiger partial charge in [-0.1, -0.05) is 77.8 Å². The lowest BCUT2D eigenvalue weighted by molar-refractivity contribution is 0.126. The van der Waals surface area contributed by atoms with E-state index in [1.54, 1.807) is 0 Å². The molecule has 0 aromatic heterocycles. The van der Waals surface area contributed by atoms with E-state index in [1.165, 1.54) is 0 Å². The summed E-state index contributed by atoms with van der Waals surface area (Å²) in [6.45, 7) is 17.5. The van der Waals surface area contributed by atoms with Crippen LogP contribution in [0.15, 0.2) is 35.9 Å². The zero-order valence-electron chi connectivity index (χ0n) is 16.6. The van der Waals surface area contributed by atoms with Crippen LogP contribution in [-0.2, 0) is 0 Å². The molecule has 0 unspecified atom stereocenters. The third kappa shape index (κ3) is 4.85. The highest BCUT2D eigenvalue weighted by Gasteiger charge is 2.41. The van der Waals surface area contributed by atoms with Gasteiger partial charge in [0.15, 0.2) is 0 Å². The largest absolute Gasteiger partial charge is 0.385 e. The Kier molecular flexibility index (Phi) is 7.07. The Balaban J connectivity index is 3.44. The van der Waals surface area contributed by atoms with Crippen LogP contribution in [0.1, 0.15) is 61.0 Å². The summed E-state index contributed by atoms with van der Waals surface area (Å²) < 4.78 is 0. The van der Waals surface area contributed by atoms with E-state index < -0.39 is 13.7 Å². The van der Waals surface area contributed by atoms with Gasteiger partial charge in [-0.05, 0) is 42.1 Å². The van der Waals surface area contributed by atoms with Gasteiger partial charge in [0.2, 0.25) is 0 Å². The van der Waals surface area contributed by atoms with Crippen LogP contribution in [0.5, 0.6) is 0 Å². The Morgan fingerprint density at radius 2 is 1.42 bits per heavy atom. The summed E-state index contributed by atoms with van der Waals surface area (Å²) in [7, 11) is -1.80. The van der Waals surface area contributed by atoms with Crippen molar-refractivity contribution in [2.24, 2.45) is 0 Å². The molecule has 2 heteroatoms. The zero-order chi connectivity index (χ0) is 18.5. The van der Waals surface area contributed by atoms with Gasteiger partial charge in [-0.3, -0.25) is 0 Å². The molecule has 1 N–H and O–H groups in total. The SMILES string of the molecule is CC(C)[Si](C#C/C(=C/c1ccccc1)C(C)(C)O)(C(C)C)C(C)C. The van der Waals surface area contributed by atoms with Gasteiger partial charge in [0.25, 0.3) is 0 Å². The van der Waals surface area contributed by atoms with E-state index in [9.17, 15) is 5.11 Å². The lowest BCUT2D eigenvalue weighted by Crippen LogP contribution is -2.43. The van der Waals surface area contributed by atoms with E-state index in [4.69, 9.17) is 0 Å². The fourth-order valence-corrected chi connectivity index (χ4v) is 8.91. The van der Waals surface area contributed by atoms with E-state index in [0.717, 1.165) is 11.1 Å². The van der Waals surface area contributed by atoms with Gasteiger partial charge in [0.05, 0.1) is 5.60 Å². The van der Waals surface area contributed by atoms with Crippen molar-refractivity contribution in [3.8, 4) is 11.5 Å². The summed E-state index contributed by atoms with van der Waals surface area (Å²) in [5.74, 6) is 3.42. The van der Waals surface area contributed by atoms with Crippen molar-refractivity contribution in [2.75, 3.05) is 0 Å². The first-order valence-electron chi connectivity index (χ1n) is 9.04. The standard InChI is InChI=1S/C22H34OSi/c1-17(2)24(18(3)4,19(5)6)15-14-21(22(7,8)23)16-20-12-10-9-11-13-20/h9-13,16-19,23H,1-8H3/b21-16-. The van der Waals surface area contributed by atoms with Crippen molar-refractivity contribution >= 4 is 14.1 Å². The van der Waals surface area contributed by atoms with Crippen LogP contribution in [0.2, 0.25) is 16.6 Å². The minimum atomic E-state index is -1.80. The van der Waals surface area contributed by atoms with Gasteiger partial charge >= 0.3 is 0 Å². The van der Waals surface area contributed by atoms with Gasteiger partial charge in [0, 0.05) is 5.57 Å². The molecule has 132 valence electrons. The quantitative estimate of drug-likeness (QED) is 0.509. The highest BCUT2D eigenvalue weighted by atomic mass is 28.3. The van der Waals surface area contributed by atoms with Gasteiger partial charge in [-0.2, -0.15) is 0 Å². The summed E-state index contributed by atoms with van der Waals surface area (Å²) >= 11 is 0. The van der Waals surface area contributed by atoms with Crippen LogP contribution in [-0.4, -0.2) is 18.8 Å². The second kappa shape index (κ2) is 8.19. The van der Waals surface area contributed by atoms with Crippen molar-refractivity contribution in [3.05, 3.63) is 41.5 Å². The molecule has 0 fully saturated rings. The van der Waals surface area contributed by atoms with E-state index in [1.807, 2.05) is 50.3 Å². The minimum absolute atomic E-state index is 0.588. The predicted molar refractivity (Wildman–Crippen MR) is 110 cm³/mol. The molecule has 0 amide bonds. The van der Waals surface area contributed by atoms with Crippen molar-refractivity contribution < 1.29 is 5.11 Å². The molecule has 1 aromatic carbocycles. The first-order chi connectivity index (χ1) is 11.0. The summed E-state index contributed by atoms with van der Waals surface area (Å²) in [6, 6.07) is 10.1. The Morgan fingerprint density at radius 1 is 0.958 bits per heavy atom. The third-order valence-corrected chi connectivity index (χ3v) is 11.3. The zero-order valence-corrected chi connectivity index (χ0v) is 17.6. The van der Waals surface area contributed by atoms with Crippen molar-refractivity contribution in [1.29, 1.82) is 0 Å². The molecule has 0 aliphatic rings. The number of rotatable bonds is 5. The molecule has 0 spiro atoms. The van der Waals surface area contributed by atoms with Crippen LogP contribution in [0.4, 0.5) is 0 Å². The second-order valence-corrected chi connectivity index (χ2v) is 13.8. The fraction of sp³-hybridized carbons (Fsp3) is 0.545. The molecular formula is C22H34OSi. The summed E-state index contributed by atoms with van der Waals surface area (Å²) in [4.78, 5) is 0. The van der Waals surface area contributed by atoms with Gasteiger partial charge in [-0.25, -0.2) is 0 Å². The first kappa shape index (κ1) is 20.7. The van der Waals surface area contributed by atoms with Crippen LogP contribution < -0.4 is 0 Å². The molecular weight excluding hydrogens is 308 g/mol. The Morgan fingerprint density at radius 3 is 1.79 bits per heavy atom. The van der Waals surface area contributed by atoms with Crippen LogP contribution >= 0.6 is 0 Å². The third-order valence-electron chi connectivity index (χ3n) is 5.05. The van der Waals surface area contributed by atoms with E-state index in [0.29, 0.717) is 16.6 Å². The lowest BCUT2D eigenvalue weighted by atomic mass is 9.96. The first-order valence-corrected chi connectivity index (χ1v) is 11.3. The summed E-state index contributed by atoms with van der Waals surface area (Å²) in [5, 5.41) is 10.6. The predicted octanol–water partition coefficient (Wildman–Crippen LogP) is 6.06. The van der Waals surface area contributed by atoms with Gasteiger partial charge < -0.3 is 5.11 Å². The molecule has 0 saturated carbocycles. The Hall–Kier alpha value is -1.30. The minimum Gasteiger partial charge on any atom is -0.385 e. The molecule has 0 aliphatic heterocycles. The molecule has 24 heavy (non-hydrogen) atoms. The normalized spacial score (nSPS) is 13.4. The number of hydrogen-bond donors (Lipinski definition) is 1. The van der Waals surface area contributed by atoms with Crippen LogP contribution in [0.3, 0.4) is 0 Å². The highest BCUT2D eigenvalue weighted by Crippen LogP contribution is 2.41. The smallest absolute Gasteiger partial charge is 0.146 e. The van der Waals surface area contributed by atoms with Crippen LogP contribution in [0.25, 0.3) is 6.08 Å². The molecule has 0 saturated heterocycles. The molecule has 1 aromatic rings. The molecule has 0 atom stereocenters. The van der Waals surface area contributed by atoms with Crippen LogP contribution in [0, 0.1) is 11.5 Å². The Bertz CT molecular complexity index is 585. The van der Waals surface area contributed by atoms with Gasteiger partial charge in [0.1, 0.15) is 8.07 Å². The average molecular weight is 343 g/mol. The van der Waals surface area contributed by atoms with E-state index >= 15 is 0 Å². The van der Waals surface area contributed by atoms with Crippen molar-refractivity contribution in [3.63, 3.8) is 0 Å². The monoisotopic (exact) mass is 342 g/mol. The average Bonchev–Trinajstić information content (AvgIpc) is 2.45. The molecule has 1 rings (SSSR count).